The van der Waals surface area contributed by atoms with Gasteiger partial charge in [0.1, 0.15) is 0 Å². The Morgan fingerprint density at radius 2 is 2.13 bits per heavy atom. The topological polar surface area (TPSA) is 41.5 Å². The van der Waals surface area contributed by atoms with Crippen molar-refractivity contribution < 1.29 is 9.84 Å². The van der Waals surface area contributed by atoms with E-state index in [1.807, 2.05) is 0 Å². The zero-order valence-electron chi connectivity index (χ0n) is 8.83. The van der Waals surface area contributed by atoms with Crippen molar-refractivity contribution >= 4 is 0 Å². The largest absolute Gasteiger partial charge is 0.396 e. The predicted octanol–water partition coefficient (Wildman–Crippen LogP) is 1.19. The number of aliphatic hydroxyl groups excluding tert-OH is 1. The van der Waals surface area contributed by atoms with Crippen molar-refractivity contribution in [3.8, 4) is 0 Å². The van der Waals surface area contributed by atoms with E-state index >= 15 is 0 Å². The summed E-state index contributed by atoms with van der Waals surface area (Å²) < 4.78 is 5.36. The quantitative estimate of drug-likeness (QED) is 0.713. The molecule has 1 aromatic rings. The van der Waals surface area contributed by atoms with Crippen LogP contribution in [0.3, 0.4) is 0 Å². The van der Waals surface area contributed by atoms with Gasteiger partial charge >= 0.3 is 0 Å². The molecule has 82 valence electrons. The predicted molar refractivity (Wildman–Crippen MR) is 58.3 cm³/mol. The highest BCUT2D eigenvalue weighted by Crippen LogP contribution is 2.20. The maximum absolute atomic E-state index is 8.63. The average Bonchev–Trinajstić information content (AvgIpc) is 2.71. The molecule has 0 aliphatic carbocycles. The molecular formula is C12H17NO2. The summed E-state index contributed by atoms with van der Waals surface area (Å²) in [5, 5.41) is 11.9. The van der Waals surface area contributed by atoms with Gasteiger partial charge in [-0.05, 0) is 29.7 Å². The second kappa shape index (κ2) is 5.26. The third kappa shape index (κ3) is 2.78. The smallest absolute Gasteiger partial charge is 0.0725 e. The van der Waals surface area contributed by atoms with Crippen LogP contribution in [-0.2, 0) is 24.5 Å². The van der Waals surface area contributed by atoms with Crippen molar-refractivity contribution in [2.24, 2.45) is 0 Å². The highest BCUT2D eigenvalue weighted by atomic mass is 16.5. The normalized spacial score (nSPS) is 14.2. The van der Waals surface area contributed by atoms with Gasteiger partial charge in [-0.15, -0.1) is 0 Å². The summed E-state index contributed by atoms with van der Waals surface area (Å²) in [5.74, 6) is 0. The lowest BCUT2D eigenvalue weighted by Crippen LogP contribution is -2.15. The van der Waals surface area contributed by atoms with Crippen LogP contribution in [0.25, 0.3) is 0 Å². The van der Waals surface area contributed by atoms with Crippen LogP contribution in [0.1, 0.15) is 23.1 Å². The maximum atomic E-state index is 8.63. The molecule has 0 atom stereocenters. The fourth-order valence-corrected chi connectivity index (χ4v) is 1.77. The van der Waals surface area contributed by atoms with E-state index in [0.29, 0.717) is 0 Å². The van der Waals surface area contributed by atoms with E-state index < -0.39 is 0 Å². The first-order valence-corrected chi connectivity index (χ1v) is 5.40. The Hall–Kier alpha value is -0.900. The third-order valence-corrected chi connectivity index (χ3v) is 2.63. The number of hydrogen-bond acceptors (Lipinski definition) is 3. The Labute approximate surface area is 90.1 Å². The first kappa shape index (κ1) is 10.6. The molecule has 1 aliphatic rings. The Morgan fingerprint density at radius 1 is 1.27 bits per heavy atom. The van der Waals surface area contributed by atoms with Crippen molar-refractivity contribution in [1.29, 1.82) is 0 Å². The minimum Gasteiger partial charge on any atom is -0.396 e. The molecule has 0 bridgehead atoms. The number of benzene rings is 1. The second-order valence-electron chi connectivity index (χ2n) is 3.85. The van der Waals surface area contributed by atoms with E-state index in [1.54, 1.807) is 0 Å². The molecule has 2 rings (SSSR count). The standard InChI is InChI=1S/C12H17NO2/c14-5-1-4-13-7-10-2-3-11-8-15-9-12(11)6-10/h2-3,6,13-14H,1,4-5,7-9H2. The summed E-state index contributed by atoms with van der Waals surface area (Å²) >= 11 is 0. The van der Waals surface area contributed by atoms with Gasteiger partial charge in [0.25, 0.3) is 0 Å². The van der Waals surface area contributed by atoms with Crippen LogP contribution in [-0.4, -0.2) is 18.3 Å². The van der Waals surface area contributed by atoms with E-state index in [0.717, 1.165) is 32.7 Å². The molecule has 0 aromatic heterocycles. The molecule has 15 heavy (non-hydrogen) atoms. The van der Waals surface area contributed by atoms with E-state index in [1.165, 1.54) is 16.7 Å². The van der Waals surface area contributed by atoms with Crippen LogP contribution in [0, 0.1) is 0 Å². The van der Waals surface area contributed by atoms with Gasteiger partial charge < -0.3 is 15.2 Å². The molecular weight excluding hydrogens is 190 g/mol. The molecule has 1 aliphatic heterocycles. The number of hydrogen-bond donors (Lipinski definition) is 2. The highest BCUT2D eigenvalue weighted by Gasteiger charge is 2.10. The van der Waals surface area contributed by atoms with E-state index in [2.05, 4.69) is 23.5 Å². The van der Waals surface area contributed by atoms with Crippen molar-refractivity contribution in [2.45, 2.75) is 26.2 Å². The lowest BCUT2D eigenvalue weighted by atomic mass is 10.1. The van der Waals surface area contributed by atoms with Crippen LogP contribution >= 0.6 is 0 Å². The van der Waals surface area contributed by atoms with Gasteiger partial charge in [-0.1, -0.05) is 18.2 Å². The highest BCUT2D eigenvalue weighted by molar-refractivity contribution is 5.33. The minimum absolute atomic E-state index is 0.255. The summed E-state index contributed by atoms with van der Waals surface area (Å²) in [7, 11) is 0. The summed E-state index contributed by atoms with van der Waals surface area (Å²) in [6.45, 7) is 3.50. The van der Waals surface area contributed by atoms with Crippen LogP contribution in [0.2, 0.25) is 0 Å². The van der Waals surface area contributed by atoms with E-state index in [4.69, 9.17) is 9.84 Å². The van der Waals surface area contributed by atoms with Crippen LogP contribution in [0.4, 0.5) is 0 Å². The van der Waals surface area contributed by atoms with Gasteiger partial charge in [-0.25, -0.2) is 0 Å². The average molecular weight is 207 g/mol. The van der Waals surface area contributed by atoms with Crippen LogP contribution in [0.5, 0.6) is 0 Å². The number of ether oxygens (including phenoxy) is 1. The Balaban J connectivity index is 1.87. The Morgan fingerprint density at radius 3 is 3.00 bits per heavy atom. The number of rotatable bonds is 5. The summed E-state index contributed by atoms with van der Waals surface area (Å²) in [6.07, 6.45) is 0.814. The van der Waals surface area contributed by atoms with E-state index in [-0.39, 0.29) is 6.61 Å². The lowest BCUT2D eigenvalue weighted by molar-refractivity contribution is 0.134. The fourth-order valence-electron chi connectivity index (χ4n) is 1.77. The van der Waals surface area contributed by atoms with Crippen LogP contribution < -0.4 is 5.32 Å². The third-order valence-electron chi connectivity index (χ3n) is 2.63. The molecule has 3 heteroatoms. The molecule has 0 radical (unpaired) electrons. The monoisotopic (exact) mass is 207 g/mol. The van der Waals surface area contributed by atoms with Crippen molar-refractivity contribution in [3.05, 3.63) is 34.9 Å². The molecule has 0 saturated carbocycles. The summed E-state index contributed by atoms with van der Waals surface area (Å²) in [4.78, 5) is 0. The van der Waals surface area contributed by atoms with Gasteiger partial charge in [0, 0.05) is 13.2 Å². The van der Waals surface area contributed by atoms with Gasteiger partial charge in [0.05, 0.1) is 13.2 Å². The molecule has 1 aromatic carbocycles. The maximum Gasteiger partial charge on any atom is 0.0725 e. The van der Waals surface area contributed by atoms with Gasteiger partial charge in [-0.2, -0.15) is 0 Å². The molecule has 0 spiro atoms. The van der Waals surface area contributed by atoms with Crippen molar-refractivity contribution in [3.63, 3.8) is 0 Å². The molecule has 0 unspecified atom stereocenters. The summed E-state index contributed by atoms with van der Waals surface area (Å²) in [6, 6.07) is 6.49. The zero-order chi connectivity index (χ0) is 10.5. The first-order valence-electron chi connectivity index (χ1n) is 5.40. The molecule has 2 N–H and O–H groups in total. The van der Waals surface area contributed by atoms with Gasteiger partial charge in [0.2, 0.25) is 0 Å². The minimum atomic E-state index is 0.255. The SMILES string of the molecule is OCCCNCc1ccc2c(c1)COC2. The molecule has 0 fully saturated rings. The van der Waals surface area contributed by atoms with Gasteiger partial charge in [-0.3, -0.25) is 0 Å². The molecule has 0 saturated heterocycles. The lowest BCUT2D eigenvalue weighted by Gasteiger charge is -2.05. The van der Waals surface area contributed by atoms with Gasteiger partial charge in [0.15, 0.2) is 0 Å². The second-order valence-corrected chi connectivity index (χ2v) is 3.85. The van der Waals surface area contributed by atoms with Crippen molar-refractivity contribution in [2.75, 3.05) is 13.2 Å². The molecule has 1 heterocycles. The first-order chi connectivity index (χ1) is 7.40. The Bertz CT molecular complexity index is 325. The Kier molecular flexibility index (Phi) is 3.72. The number of nitrogens with one attached hydrogen (secondary N) is 1. The van der Waals surface area contributed by atoms with Crippen LogP contribution in [0.15, 0.2) is 18.2 Å². The summed E-state index contributed by atoms with van der Waals surface area (Å²) in [5.41, 5.74) is 3.92. The van der Waals surface area contributed by atoms with E-state index in [9.17, 15) is 0 Å². The zero-order valence-corrected chi connectivity index (χ0v) is 8.83. The molecule has 3 nitrogen and oxygen atoms in total. The fraction of sp³-hybridized carbons (Fsp3) is 0.500. The number of aliphatic hydroxyl groups is 1. The molecule has 0 amide bonds. The number of fused-ring (bicyclic) bond motifs is 1. The van der Waals surface area contributed by atoms with Crippen molar-refractivity contribution in [1.82, 2.24) is 5.32 Å².